The van der Waals surface area contributed by atoms with Gasteiger partial charge in [0, 0.05) is 13.1 Å². The molecule has 0 aliphatic carbocycles. The maximum atomic E-state index is 11.7. The van der Waals surface area contributed by atoms with Crippen LogP contribution in [-0.2, 0) is 0 Å². The topological polar surface area (TPSA) is 97.7 Å². The lowest BCUT2D eigenvalue weighted by Gasteiger charge is -2.05. The number of nitrogen functional groups attached to an aromatic ring is 1. The molecule has 82 valence electrons. The normalized spacial score (nSPS) is 10.6. The molecule has 6 heteroatoms. The number of aromatic hydroxyl groups is 1. The van der Waals surface area contributed by atoms with Gasteiger partial charge >= 0.3 is 5.56 Å². The van der Waals surface area contributed by atoms with Gasteiger partial charge in [0.2, 0.25) is 5.75 Å². The van der Waals surface area contributed by atoms with E-state index in [1.807, 2.05) is 0 Å². The van der Waals surface area contributed by atoms with Crippen LogP contribution in [0.1, 0.15) is 17.4 Å². The first-order valence-electron chi connectivity index (χ1n) is 4.53. The molecular formula is C10H9N3O3. The molecule has 0 aliphatic heterocycles. The van der Waals surface area contributed by atoms with E-state index in [1.54, 1.807) is 12.1 Å². The second-order valence-electron chi connectivity index (χ2n) is 3.33. The summed E-state index contributed by atoms with van der Waals surface area (Å²) in [5, 5.41) is 9.50. The van der Waals surface area contributed by atoms with E-state index >= 15 is 0 Å². The second kappa shape index (κ2) is 3.34. The summed E-state index contributed by atoms with van der Waals surface area (Å²) in [6.07, 6.45) is 1.42. The average Bonchev–Trinajstić information content (AvgIpc) is 2.23. The quantitative estimate of drug-likeness (QED) is 0.667. The van der Waals surface area contributed by atoms with E-state index in [0.717, 1.165) is 4.40 Å². The fraction of sp³-hybridized carbons (Fsp3) is 0.100. The molecule has 0 aliphatic rings. The van der Waals surface area contributed by atoms with Crippen molar-refractivity contribution in [2.75, 3.05) is 5.73 Å². The van der Waals surface area contributed by atoms with E-state index in [0.29, 0.717) is 0 Å². The van der Waals surface area contributed by atoms with E-state index in [9.17, 15) is 14.7 Å². The van der Waals surface area contributed by atoms with Crippen molar-refractivity contribution in [2.45, 2.75) is 6.92 Å². The number of nitrogens with zero attached hydrogens (tertiary/aromatic N) is 2. The number of anilines is 1. The summed E-state index contributed by atoms with van der Waals surface area (Å²) in [6, 6.07) is 3.11. The molecule has 0 bridgehead atoms. The zero-order valence-corrected chi connectivity index (χ0v) is 8.47. The van der Waals surface area contributed by atoms with Crippen molar-refractivity contribution in [3.05, 3.63) is 34.4 Å². The van der Waals surface area contributed by atoms with Gasteiger partial charge in [-0.15, -0.1) is 0 Å². The molecule has 0 aromatic carbocycles. The van der Waals surface area contributed by atoms with Crippen LogP contribution in [-0.4, -0.2) is 20.3 Å². The molecule has 0 radical (unpaired) electrons. The van der Waals surface area contributed by atoms with Crippen LogP contribution in [0, 0.1) is 0 Å². The third-order valence-electron chi connectivity index (χ3n) is 2.19. The van der Waals surface area contributed by atoms with Crippen LogP contribution in [0.3, 0.4) is 0 Å². The Hall–Kier alpha value is -2.37. The zero-order valence-electron chi connectivity index (χ0n) is 8.47. The number of aromatic nitrogens is 2. The summed E-state index contributed by atoms with van der Waals surface area (Å²) < 4.78 is 1.09. The Balaban J connectivity index is 3.01. The first-order valence-corrected chi connectivity index (χ1v) is 4.53. The fourth-order valence-electron chi connectivity index (χ4n) is 1.42. The van der Waals surface area contributed by atoms with Crippen molar-refractivity contribution in [1.29, 1.82) is 0 Å². The number of carbonyl (C=O) groups excluding carboxylic acids is 1. The van der Waals surface area contributed by atoms with Crippen LogP contribution in [0.25, 0.3) is 5.65 Å². The standard InChI is InChI=1S/C10H9N3O3/c1-5(14)7-8(15)10(16)13-4-2-3-6(11)9(13)12-7/h2-4,15H,11H2,1H3. The van der Waals surface area contributed by atoms with Gasteiger partial charge in [-0.1, -0.05) is 0 Å². The molecule has 0 saturated heterocycles. The Labute approximate surface area is 90.0 Å². The lowest BCUT2D eigenvalue weighted by molar-refractivity contribution is 0.101. The van der Waals surface area contributed by atoms with Gasteiger partial charge < -0.3 is 10.8 Å². The number of ketones is 1. The van der Waals surface area contributed by atoms with Crippen molar-refractivity contribution < 1.29 is 9.90 Å². The molecule has 0 amide bonds. The Morgan fingerprint density at radius 3 is 2.88 bits per heavy atom. The first kappa shape index (κ1) is 10.2. The van der Waals surface area contributed by atoms with Crippen molar-refractivity contribution >= 4 is 17.1 Å². The summed E-state index contributed by atoms with van der Waals surface area (Å²) in [5.41, 5.74) is 5.09. The summed E-state index contributed by atoms with van der Waals surface area (Å²) in [5.74, 6) is -1.14. The number of hydrogen-bond donors (Lipinski definition) is 2. The monoisotopic (exact) mass is 219 g/mol. The van der Waals surface area contributed by atoms with Crippen LogP contribution in [0.2, 0.25) is 0 Å². The van der Waals surface area contributed by atoms with Gasteiger partial charge in [0.05, 0.1) is 5.69 Å². The number of hydrogen-bond acceptors (Lipinski definition) is 5. The molecule has 2 aromatic rings. The van der Waals surface area contributed by atoms with Gasteiger partial charge in [0.1, 0.15) is 0 Å². The number of pyridine rings is 1. The van der Waals surface area contributed by atoms with Crippen LogP contribution in [0.4, 0.5) is 5.69 Å². The summed E-state index contributed by atoms with van der Waals surface area (Å²) >= 11 is 0. The van der Waals surface area contributed by atoms with Gasteiger partial charge in [0.15, 0.2) is 17.1 Å². The average molecular weight is 219 g/mol. The lowest BCUT2D eigenvalue weighted by Crippen LogP contribution is -2.18. The van der Waals surface area contributed by atoms with Gasteiger partial charge in [-0.25, -0.2) is 4.98 Å². The van der Waals surface area contributed by atoms with E-state index in [-0.39, 0.29) is 17.0 Å². The Morgan fingerprint density at radius 2 is 2.25 bits per heavy atom. The number of Topliss-reactive ketones (excluding diaryl/α,β-unsaturated/α-hetero) is 1. The second-order valence-corrected chi connectivity index (χ2v) is 3.33. The van der Waals surface area contributed by atoms with Gasteiger partial charge in [-0.2, -0.15) is 0 Å². The van der Waals surface area contributed by atoms with Crippen LogP contribution in [0.15, 0.2) is 23.1 Å². The van der Waals surface area contributed by atoms with Gasteiger partial charge in [-0.3, -0.25) is 14.0 Å². The van der Waals surface area contributed by atoms with Crippen molar-refractivity contribution in [1.82, 2.24) is 9.38 Å². The molecular weight excluding hydrogens is 210 g/mol. The molecule has 0 fully saturated rings. The maximum absolute atomic E-state index is 11.7. The molecule has 2 heterocycles. The minimum absolute atomic E-state index is 0.163. The Bertz CT molecular complexity index is 646. The molecule has 2 aromatic heterocycles. The molecule has 0 atom stereocenters. The lowest BCUT2D eigenvalue weighted by atomic mass is 10.2. The minimum Gasteiger partial charge on any atom is -0.501 e. The highest BCUT2D eigenvalue weighted by atomic mass is 16.3. The van der Waals surface area contributed by atoms with E-state index in [1.165, 1.54) is 13.1 Å². The largest absolute Gasteiger partial charge is 0.501 e. The molecule has 16 heavy (non-hydrogen) atoms. The van der Waals surface area contributed by atoms with Crippen molar-refractivity contribution in [2.24, 2.45) is 0 Å². The summed E-state index contributed by atoms with van der Waals surface area (Å²) in [6.45, 7) is 1.22. The van der Waals surface area contributed by atoms with Crippen molar-refractivity contribution in [3.8, 4) is 5.75 Å². The summed E-state index contributed by atoms with van der Waals surface area (Å²) in [7, 11) is 0. The predicted molar refractivity (Wildman–Crippen MR) is 57.5 cm³/mol. The Morgan fingerprint density at radius 1 is 1.56 bits per heavy atom. The SMILES string of the molecule is CC(=O)c1nc2c(N)cccn2c(=O)c1O. The highest BCUT2D eigenvalue weighted by Crippen LogP contribution is 2.14. The smallest absolute Gasteiger partial charge is 0.300 e. The zero-order chi connectivity index (χ0) is 11.9. The van der Waals surface area contributed by atoms with E-state index in [4.69, 9.17) is 5.73 Å². The number of carbonyl (C=O) groups is 1. The highest BCUT2D eigenvalue weighted by molar-refractivity contribution is 5.95. The number of fused-ring (bicyclic) bond motifs is 1. The molecule has 3 N–H and O–H groups in total. The molecule has 2 rings (SSSR count). The molecule has 0 spiro atoms. The first-order chi connectivity index (χ1) is 7.52. The maximum Gasteiger partial charge on any atom is 0.300 e. The van der Waals surface area contributed by atoms with Gasteiger partial charge in [0.25, 0.3) is 0 Å². The van der Waals surface area contributed by atoms with E-state index in [2.05, 4.69) is 4.98 Å². The third-order valence-corrected chi connectivity index (χ3v) is 2.19. The molecule has 6 nitrogen and oxygen atoms in total. The van der Waals surface area contributed by atoms with Crippen LogP contribution < -0.4 is 11.3 Å². The predicted octanol–water partition coefficient (Wildman–Crippen LogP) is 0.185. The fourth-order valence-corrected chi connectivity index (χ4v) is 1.42. The number of nitrogens with two attached hydrogens (primary N) is 1. The van der Waals surface area contributed by atoms with E-state index < -0.39 is 17.1 Å². The Kier molecular flexibility index (Phi) is 2.12. The summed E-state index contributed by atoms with van der Waals surface area (Å²) in [4.78, 5) is 26.7. The molecule has 0 saturated carbocycles. The highest BCUT2D eigenvalue weighted by Gasteiger charge is 2.15. The van der Waals surface area contributed by atoms with Crippen molar-refractivity contribution in [3.63, 3.8) is 0 Å². The van der Waals surface area contributed by atoms with Gasteiger partial charge in [-0.05, 0) is 12.1 Å². The molecule has 0 unspecified atom stereocenters. The van der Waals surface area contributed by atoms with Crippen LogP contribution >= 0.6 is 0 Å². The third kappa shape index (κ3) is 1.31. The number of rotatable bonds is 1. The minimum atomic E-state index is -0.706. The van der Waals surface area contributed by atoms with Crippen LogP contribution in [0.5, 0.6) is 5.75 Å².